The molecule has 0 heterocycles. The molecule has 2 unspecified atom stereocenters. The first-order valence-electron chi connectivity index (χ1n) is 10.9. The molecule has 0 N–H and O–H groups in total. The lowest BCUT2D eigenvalue weighted by molar-refractivity contribution is -0.144. The van der Waals surface area contributed by atoms with Crippen LogP contribution < -0.4 is 14.2 Å². The van der Waals surface area contributed by atoms with E-state index in [1.54, 1.807) is 36.4 Å². The minimum Gasteiger partial charge on any atom is -0.493 e. The van der Waals surface area contributed by atoms with Gasteiger partial charge in [0, 0.05) is 28.6 Å². The fourth-order valence-corrected chi connectivity index (χ4v) is 5.09. The molecule has 1 aliphatic rings. The second-order valence-corrected chi connectivity index (χ2v) is 8.83. The van der Waals surface area contributed by atoms with E-state index in [0.717, 1.165) is 0 Å². The van der Waals surface area contributed by atoms with E-state index in [4.69, 9.17) is 42.1 Å². The molecule has 0 fully saturated rings. The summed E-state index contributed by atoms with van der Waals surface area (Å²) in [6, 6.07) is 12.7. The fraction of sp³-hybridized carbons (Fsp3) is 0.222. The molecule has 3 aromatic carbocycles. The Balaban J connectivity index is 1.97. The zero-order valence-corrected chi connectivity index (χ0v) is 21.4. The molecule has 2 atom stereocenters. The second kappa shape index (κ2) is 10.2. The van der Waals surface area contributed by atoms with Crippen molar-refractivity contribution in [1.82, 2.24) is 0 Å². The number of carbonyl (C=O) groups is 3. The first-order chi connectivity index (χ1) is 17.2. The number of esters is 1. The third kappa shape index (κ3) is 4.29. The summed E-state index contributed by atoms with van der Waals surface area (Å²) in [4.78, 5) is 39.6. The molecule has 7 nitrogen and oxygen atoms in total. The Kier molecular flexibility index (Phi) is 7.24. The number of Topliss-reactive ketones (excluding diaryl/α,β-unsaturated/α-hetero) is 1. The van der Waals surface area contributed by atoms with Crippen LogP contribution in [0.3, 0.4) is 0 Å². The van der Waals surface area contributed by atoms with E-state index in [1.165, 1.54) is 40.4 Å². The number of benzene rings is 3. The molecule has 36 heavy (non-hydrogen) atoms. The SMILES string of the molecule is COc1cc(C(=O)C(OC(C)=O)C2c3cccc(Cl)c3C(=O)c3cccc(Cl)c32)cc(OC)c1OC. The number of carbonyl (C=O) groups excluding carboxylic acids is 3. The second-order valence-electron chi connectivity index (χ2n) is 8.02. The largest absolute Gasteiger partial charge is 0.493 e. The van der Waals surface area contributed by atoms with Gasteiger partial charge in [-0.15, -0.1) is 0 Å². The Morgan fingerprint density at radius 3 is 2.08 bits per heavy atom. The summed E-state index contributed by atoms with van der Waals surface area (Å²) in [5.41, 5.74) is 1.47. The maximum atomic E-state index is 14.0. The van der Waals surface area contributed by atoms with Crippen molar-refractivity contribution in [3.05, 3.63) is 86.4 Å². The highest BCUT2D eigenvalue weighted by Gasteiger charge is 2.43. The van der Waals surface area contributed by atoms with Crippen LogP contribution in [0.2, 0.25) is 10.0 Å². The number of halogens is 2. The fourth-order valence-electron chi connectivity index (χ4n) is 4.53. The summed E-state index contributed by atoms with van der Waals surface area (Å²) in [5, 5.41) is 0.473. The Morgan fingerprint density at radius 1 is 0.889 bits per heavy atom. The van der Waals surface area contributed by atoms with E-state index in [1.807, 2.05) is 0 Å². The maximum absolute atomic E-state index is 14.0. The Labute approximate surface area is 217 Å². The van der Waals surface area contributed by atoms with Crippen molar-refractivity contribution in [2.75, 3.05) is 21.3 Å². The van der Waals surface area contributed by atoms with E-state index in [0.29, 0.717) is 16.9 Å². The predicted octanol–water partition coefficient (Wildman–Crippen LogP) is 5.51. The molecule has 0 radical (unpaired) electrons. The lowest BCUT2D eigenvalue weighted by Gasteiger charge is -2.33. The summed E-state index contributed by atoms with van der Waals surface area (Å²) in [5.74, 6) is -1.67. The zero-order valence-electron chi connectivity index (χ0n) is 19.9. The highest BCUT2D eigenvalue weighted by molar-refractivity contribution is 6.36. The molecular formula is C27H22Cl2O7. The van der Waals surface area contributed by atoms with Crippen molar-refractivity contribution in [3.63, 3.8) is 0 Å². The molecule has 0 amide bonds. The Bertz CT molecular complexity index is 1360. The van der Waals surface area contributed by atoms with E-state index in [2.05, 4.69) is 0 Å². The molecule has 0 aromatic heterocycles. The van der Waals surface area contributed by atoms with Crippen LogP contribution in [-0.2, 0) is 9.53 Å². The van der Waals surface area contributed by atoms with E-state index in [9.17, 15) is 14.4 Å². The number of methoxy groups -OCH3 is 3. The maximum Gasteiger partial charge on any atom is 0.303 e. The molecule has 0 aliphatic heterocycles. The van der Waals surface area contributed by atoms with Gasteiger partial charge in [0.25, 0.3) is 0 Å². The first-order valence-corrected chi connectivity index (χ1v) is 11.6. The van der Waals surface area contributed by atoms with Crippen LogP contribution in [0, 0.1) is 0 Å². The average molecular weight is 529 g/mol. The van der Waals surface area contributed by atoms with Gasteiger partial charge in [0.1, 0.15) is 0 Å². The number of rotatable bonds is 7. The number of hydrogen-bond acceptors (Lipinski definition) is 7. The van der Waals surface area contributed by atoms with Crippen molar-refractivity contribution in [3.8, 4) is 17.2 Å². The van der Waals surface area contributed by atoms with Gasteiger partial charge in [-0.05, 0) is 35.4 Å². The quantitative estimate of drug-likeness (QED) is 0.295. The van der Waals surface area contributed by atoms with Crippen molar-refractivity contribution in [2.24, 2.45) is 0 Å². The standard InChI is InChI=1S/C27H22Cl2O7/c1-13(30)36-27(24(31)14-11-19(33-2)26(35-4)20(12-14)34-3)23-15-7-5-10-18(29)22(15)25(32)16-8-6-9-17(28)21(16)23/h5-12,23,27H,1-4H3. The average Bonchev–Trinajstić information content (AvgIpc) is 2.86. The van der Waals surface area contributed by atoms with E-state index >= 15 is 0 Å². The molecular weight excluding hydrogens is 507 g/mol. The number of hydrogen-bond donors (Lipinski definition) is 0. The Hall–Kier alpha value is -3.55. The molecule has 0 spiro atoms. The van der Waals surface area contributed by atoms with Crippen LogP contribution >= 0.6 is 23.2 Å². The summed E-state index contributed by atoms with van der Waals surface area (Å²) >= 11 is 13.0. The van der Waals surface area contributed by atoms with Crippen LogP contribution in [0.1, 0.15) is 50.2 Å². The van der Waals surface area contributed by atoms with Crippen LogP contribution in [0.5, 0.6) is 17.2 Å². The first kappa shape index (κ1) is 25.5. The topological polar surface area (TPSA) is 88.1 Å². The van der Waals surface area contributed by atoms with Gasteiger partial charge in [0.2, 0.25) is 11.5 Å². The van der Waals surface area contributed by atoms with Crippen LogP contribution in [-0.4, -0.2) is 45.0 Å². The van der Waals surface area contributed by atoms with Crippen LogP contribution in [0.4, 0.5) is 0 Å². The third-order valence-electron chi connectivity index (χ3n) is 6.02. The minimum absolute atomic E-state index is 0.143. The minimum atomic E-state index is -1.38. The number of fused-ring (bicyclic) bond motifs is 2. The van der Waals surface area contributed by atoms with Gasteiger partial charge in [-0.25, -0.2) is 0 Å². The molecule has 0 saturated heterocycles. The van der Waals surface area contributed by atoms with E-state index < -0.39 is 23.8 Å². The lowest BCUT2D eigenvalue weighted by atomic mass is 9.73. The molecule has 186 valence electrons. The molecule has 4 rings (SSSR count). The molecule has 9 heteroatoms. The smallest absolute Gasteiger partial charge is 0.303 e. The van der Waals surface area contributed by atoms with Crippen LogP contribution in [0.25, 0.3) is 0 Å². The number of ketones is 2. The van der Waals surface area contributed by atoms with Gasteiger partial charge in [-0.1, -0.05) is 47.5 Å². The molecule has 0 saturated carbocycles. The normalized spacial score (nSPS) is 14.8. The van der Waals surface area contributed by atoms with Crippen molar-refractivity contribution >= 4 is 40.7 Å². The third-order valence-corrected chi connectivity index (χ3v) is 6.66. The molecule has 1 aliphatic carbocycles. The number of ether oxygens (including phenoxy) is 4. The summed E-state index contributed by atoms with van der Waals surface area (Å²) in [6.07, 6.45) is -1.38. The van der Waals surface area contributed by atoms with Gasteiger partial charge >= 0.3 is 5.97 Å². The van der Waals surface area contributed by atoms with E-state index in [-0.39, 0.29) is 44.0 Å². The molecule has 3 aromatic rings. The van der Waals surface area contributed by atoms with Gasteiger partial charge in [0.15, 0.2) is 23.4 Å². The summed E-state index contributed by atoms with van der Waals surface area (Å²) < 4.78 is 21.8. The van der Waals surface area contributed by atoms with Crippen LogP contribution in [0.15, 0.2) is 48.5 Å². The van der Waals surface area contributed by atoms with Crippen molar-refractivity contribution in [1.29, 1.82) is 0 Å². The Morgan fingerprint density at radius 2 is 1.50 bits per heavy atom. The van der Waals surface area contributed by atoms with Gasteiger partial charge < -0.3 is 18.9 Å². The monoisotopic (exact) mass is 528 g/mol. The van der Waals surface area contributed by atoms with Crippen molar-refractivity contribution < 1.29 is 33.3 Å². The zero-order chi connectivity index (χ0) is 26.1. The summed E-state index contributed by atoms with van der Waals surface area (Å²) in [7, 11) is 4.30. The van der Waals surface area contributed by atoms with Gasteiger partial charge in [-0.2, -0.15) is 0 Å². The lowest BCUT2D eigenvalue weighted by Crippen LogP contribution is -2.37. The highest BCUT2D eigenvalue weighted by Crippen LogP contribution is 2.46. The summed E-state index contributed by atoms with van der Waals surface area (Å²) in [6.45, 7) is 1.20. The highest BCUT2D eigenvalue weighted by atomic mass is 35.5. The molecule has 0 bridgehead atoms. The van der Waals surface area contributed by atoms with Gasteiger partial charge in [0.05, 0.1) is 32.3 Å². The van der Waals surface area contributed by atoms with Crippen molar-refractivity contribution in [2.45, 2.75) is 18.9 Å². The van der Waals surface area contributed by atoms with Gasteiger partial charge in [-0.3, -0.25) is 14.4 Å². The predicted molar refractivity (Wildman–Crippen MR) is 134 cm³/mol.